The number of carbonyl (C=O) groups excluding carboxylic acids is 1. The van der Waals surface area contributed by atoms with Crippen molar-refractivity contribution < 1.29 is 9.53 Å². The van der Waals surface area contributed by atoms with E-state index >= 15 is 0 Å². The highest BCUT2D eigenvalue weighted by Gasteiger charge is 2.21. The molecule has 0 atom stereocenters. The maximum Gasteiger partial charge on any atom is 0.317 e. The van der Waals surface area contributed by atoms with Crippen LogP contribution in [0.15, 0.2) is 18.3 Å². The molecular weight excluding hydrogens is 320 g/mol. The molecule has 2 amide bonds. The first-order valence-corrected chi connectivity index (χ1v) is 8.71. The maximum absolute atomic E-state index is 12.0. The van der Waals surface area contributed by atoms with E-state index in [4.69, 9.17) is 4.74 Å². The fraction of sp³-hybridized carbons (Fsp3) is 0.588. The molecule has 0 spiro atoms. The average molecular weight is 346 g/mol. The summed E-state index contributed by atoms with van der Waals surface area (Å²) < 4.78 is 7.12. The number of hydrogen-bond donors (Lipinski definition) is 1. The molecule has 25 heavy (non-hydrogen) atoms. The van der Waals surface area contributed by atoms with Crippen LogP contribution in [0.5, 0.6) is 0 Å². The van der Waals surface area contributed by atoms with Crippen LogP contribution in [-0.2, 0) is 11.3 Å². The van der Waals surface area contributed by atoms with Crippen molar-refractivity contribution in [1.29, 1.82) is 0 Å². The van der Waals surface area contributed by atoms with E-state index in [2.05, 4.69) is 24.8 Å². The molecule has 0 radical (unpaired) electrons. The number of aryl methyl sites for hydroxylation is 1. The quantitative estimate of drug-likeness (QED) is 0.780. The molecule has 3 heterocycles. The van der Waals surface area contributed by atoms with Crippen LogP contribution < -0.4 is 5.32 Å². The Balaban J connectivity index is 1.48. The minimum absolute atomic E-state index is 0.00246. The van der Waals surface area contributed by atoms with Crippen LogP contribution in [0, 0.1) is 6.92 Å². The number of hydrogen-bond acceptors (Lipinski definition) is 5. The Hall–Kier alpha value is -2.19. The molecule has 2 aromatic rings. The number of urea groups is 1. The van der Waals surface area contributed by atoms with Crippen LogP contribution in [-0.4, -0.2) is 83.4 Å². The zero-order chi connectivity index (χ0) is 17.6. The number of rotatable bonds is 6. The van der Waals surface area contributed by atoms with Gasteiger partial charge >= 0.3 is 6.03 Å². The van der Waals surface area contributed by atoms with Gasteiger partial charge in [-0.3, -0.25) is 4.90 Å². The lowest BCUT2D eigenvalue weighted by Crippen LogP contribution is -2.52. The van der Waals surface area contributed by atoms with Crippen molar-refractivity contribution >= 4 is 17.2 Å². The van der Waals surface area contributed by atoms with Gasteiger partial charge in [0.05, 0.1) is 6.61 Å². The molecule has 0 unspecified atom stereocenters. The zero-order valence-electron chi connectivity index (χ0n) is 14.9. The Morgan fingerprint density at radius 1 is 1.28 bits per heavy atom. The Bertz CT molecular complexity index is 708. The Morgan fingerprint density at radius 2 is 2.08 bits per heavy atom. The number of imidazole rings is 1. The van der Waals surface area contributed by atoms with E-state index in [9.17, 15) is 4.79 Å². The van der Waals surface area contributed by atoms with Crippen LogP contribution >= 0.6 is 0 Å². The second-order valence-corrected chi connectivity index (χ2v) is 6.21. The number of nitrogens with one attached hydrogen (secondary N) is 1. The normalized spacial score (nSPS) is 15.7. The monoisotopic (exact) mass is 346 g/mol. The molecule has 8 heteroatoms. The lowest BCUT2D eigenvalue weighted by molar-refractivity contribution is 0.133. The summed E-state index contributed by atoms with van der Waals surface area (Å²) in [7, 11) is 1.63. The predicted molar refractivity (Wildman–Crippen MR) is 95.6 cm³/mol. The van der Waals surface area contributed by atoms with E-state index in [-0.39, 0.29) is 6.03 Å². The third-order valence-corrected chi connectivity index (χ3v) is 4.58. The van der Waals surface area contributed by atoms with Gasteiger partial charge in [0.1, 0.15) is 11.3 Å². The number of fused-ring (bicyclic) bond motifs is 1. The summed E-state index contributed by atoms with van der Waals surface area (Å²) in [4.78, 5) is 25.3. The summed E-state index contributed by atoms with van der Waals surface area (Å²) in [6, 6.07) is 3.90. The number of methoxy groups -OCH3 is 1. The smallest absolute Gasteiger partial charge is 0.317 e. The molecule has 0 aromatic carbocycles. The molecule has 136 valence electrons. The SMILES string of the molecule is COCCNC(=O)N1CCN(CCn2c(C)nc3cccnc32)CC1. The lowest BCUT2D eigenvalue weighted by Gasteiger charge is -2.34. The summed E-state index contributed by atoms with van der Waals surface area (Å²) in [5.74, 6) is 0.991. The van der Waals surface area contributed by atoms with Gasteiger partial charge in [0, 0.05) is 59.1 Å². The molecule has 2 aromatic heterocycles. The van der Waals surface area contributed by atoms with Gasteiger partial charge in [-0.15, -0.1) is 0 Å². The van der Waals surface area contributed by atoms with Crippen molar-refractivity contribution in [1.82, 2.24) is 29.7 Å². The molecular formula is C17H26N6O2. The second kappa shape index (κ2) is 8.26. The summed E-state index contributed by atoms with van der Waals surface area (Å²) in [5.41, 5.74) is 1.88. The molecule has 8 nitrogen and oxygen atoms in total. The molecule has 1 fully saturated rings. The number of amides is 2. The topological polar surface area (TPSA) is 75.5 Å². The third-order valence-electron chi connectivity index (χ3n) is 4.58. The molecule has 0 saturated carbocycles. The van der Waals surface area contributed by atoms with Crippen molar-refractivity contribution in [2.45, 2.75) is 13.5 Å². The maximum atomic E-state index is 12.0. The minimum atomic E-state index is -0.00246. The first-order chi connectivity index (χ1) is 12.2. The number of pyridine rings is 1. The van der Waals surface area contributed by atoms with E-state index in [1.807, 2.05) is 24.0 Å². The van der Waals surface area contributed by atoms with Gasteiger partial charge in [0.15, 0.2) is 5.65 Å². The van der Waals surface area contributed by atoms with E-state index in [1.54, 1.807) is 13.3 Å². The molecule has 3 rings (SSSR count). The van der Waals surface area contributed by atoms with E-state index in [1.165, 1.54) is 0 Å². The molecule has 1 N–H and O–H groups in total. The van der Waals surface area contributed by atoms with Crippen LogP contribution in [0.25, 0.3) is 11.2 Å². The van der Waals surface area contributed by atoms with Gasteiger partial charge in [-0.1, -0.05) is 0 Å². The molecule has 0 bridgehead atoms. The molecule has 0 aliphatic carbocycles. The van der Waals surface area contributed by atoms with Crippen molar-refractivity contribution in [2.24, 2.45) is 0 Å². The molecule has 1 saturated heterocycles. The van der Waals surface area contributed by atoms with Crippen molar-refractivity contribution in [3.63, 3.8) is 0 Å². The molecule has 1 aliphatic heterocycles. The average Bonchev–Trinajstić information content (AvgIpc) is 2.95. The fourth-order valence-corrected chi connectivity index (χ4v) is 3.13. The summed E-state index contributed by atoms with van der Waals surface area (Å²) in [6.07, 6.45) is 1.81. The highest BCUT2D eigenvalue weighted by molar-refractivity contribution is 5.74. The summed E-state index contributed by atoms with van der Waals surface area (Å²) >= 11 is 0. The number of carbonyl (C=O) groups is 1. The summed E-state index contributed by atoms with van der Waals surface area (Å²) in [5, 5.41) is 2.87. The van der Waals surface area contributed by atoms with Gasteiger partial charge in [-0.2, -0.15) is 0 Å². The number of ether oxygens (including phenoxy) is 1. The van der Waals surface area contributed by atoms with Gasteiger partial charge in [0.2, 0.25) is 0 Å². The van der Waals surface area contributed by atoms with Crippen molar-refractivity contribution in [3.05, 3.63) is 24.2 Å². The van der Waals surface area contributed by atoms with Gasteiger partial charge in [-0.25, -0.2) is 14.8 Å². The number of nitrogens with zero attached hydrogens (tertiary/aromatic N) is 5. The minimum Gasteiger partial charge on any atom is -0.383 e. The van der Waals surface area contributed by atoms with Crippen LogP contribution in [0.4, 0.5) is 4.79 Å². The van der Waals surface area contributed by atoms with E-state index in [0.717, 1.165) is 56.3 Å². The highest BCUT2D eigenvalue weighted by atomic mass is 16.5. The molecule has 1 aliphatic rings. The van der Waals surface area contributed by atoms with E-state index in [0.29, 0.717) is 13.2 Å². The Labute approximate surface area is 147 Å². The van der Waals surface area contributed by atoms with Crippen molar-refractivity contribution in [2.75, 3.05) is 53.0 Å². The summed E-state index contributed by atoms with van der Waals surface area (Å²) in [6.45, 7) is 8.17. The van der Waals surface area contributed by atoms with Crippen LogP contribution in [0.2, 0.25) is 0 Å². The van der Waals surface area contributed by atoms with Gasteiger partial charge in [0.25, 0.3) is 0 Å². The second-order valence-electron chi connectivity index (χ2n) is 6.21. The zero-order valence-corrected chi connectivity index (χ0v) is 14.9. The largest absolute Gasteiger partial charge is 0.383 e. The third kappa shape index (κ3) is 4.26. The Kier molecular flexibility index (Phi) is 5.83. The fourth-order valence-electron chi connectivity index (χ4n) is 3.13. The Morgan fingerprint density at radius 3 is 2.84 bits per heavy atom. The standard InChI is InChI=1S/C17H26N6O2/c1-14-20-15-4-3-5-18-16(15)23(14)12-9-21-7-10-22(11-8-21)17(24)19-6-13-25-2/h3-5H,6-13H2,1-2H3,(H,19,24). The van der Waals surface area contributed by atoms with Crippen LogP contribution in [0.1, 0.15) is 5.82 Å². The van der Waals surface area contributed by atoms with Gasteiger partial charge in [-0.05, 0) is 19.1 Å². The van der Waals surface area contributed by atoms with Crippen LogP contribution in [0.3, 0.4) is 0 Å². The van der Waals surface area contributed by atoms with Gasteiger partial charge < -0.3 is 19.5 Å². The number of piperazine rings is 1. The highest BCUT2D eigenvalue weighted by Crippen LogP contribution is 2.13. The van der Waals surface area contributed by atoms with Crippen molar-refractivity contribution in [3.8, 4) is 0 Å². The predicted octanol–water partition coefficient (Wildman–Crippen LogP) is 0.713. The van der Waals surface area contributed by atoms with E-state index < -0.39 is 0 Å². The lowest BCUT2D eigenvalue weighted by atomic mass is 10.3. The number of aromatic nitrogens is 3. The first kappa shape index (κ1) is 17.6. The first-order valence-electron chi connectivity index (χ1n) is 8.71.